The van der Waals surface area contributed by atoms with Crippen LogP contribution in [-0.4, -0.2) is 5.11 Å². The molecule has 1 aliphatic heterocycles. The molecule has 0 fully saturated rings. The number of phenols is 1. The molecule has 0 amide bonds. The molecule has 1 heterocycles. The van der Waals surface area contributed by atoms with Crippen LogP contribution < -0.4 is 10.1 Å². The van der Waals surface area contributed by atoms with Gasteiger partial charge < -0.3 is 15.2 Å². The van der Waals surface area contributed by atoms with E-state index in [2.05, 4.69) is 5.32 Å². The van der Waals surface area contributed by atoms with Gasteiger partial charge >= 0.3 is 0 Å². The Labute approximate surface area is 93.3 Å². The molecule has 0 saturated carbocycles. The van der Waals surface area contributed by atoms with Gasteiger partial charge in [0.15, 0.2) is 5.75 Å². The molecule has 1 aliphatic rings. The molecule has 0 spiro atoms. The zero-order chi connectivity index (χ0) is 11.0. The van der Waals surface area contributed by atoms with Gasteiger partial charge in [-0.25, -0.2) is 0 Å². The van der Waals surface area contributed by atoms with Crippen LogP contribution in [0.1, 0.15) is 5.56 Å². The van der Waals surface area contributed by atoms with Crippen molar-refractivity contribution in [3.8, 4) is 17.2 Å². The Morgan fingerprint density at radius 1 is 1.06 bits per heavy atom. The fraction of sp³-hybridized carbons (Fsp3) is 0.0769. The molecule has 3 nitrogen and oxygen atoms in total. The predicted octanol–water partition coefficient (Wildman–Crippen LogP) is 3.11. The number of fused-ring (bicyclic) bond motifs is 2. The van der Waals surface area contributed by atoms with Gasteiger partial charge in [0.2, 0.25) is 0 Å². The second kappa shape index (κ2) is 3.45. The topological polar surface area (TPSA) is 41.5 Å². The molecule has 0 radical (unpaired) electrons. The monoisotopic (exact) mass is 213 g/mol. The van der Waals surface area contributed by atoms with E-state index in [9.17, 15) is 5.11 Å². The summed E-state index contributed by atoms with van der Waals surface area (Å²) in [6.07, 6.45) is 0. The quantitative estimate of drug-likeness (QED) is 0.706. The lowest BCUT2D eigenvalue weighted by molar-refractivity contribution is 0.463. The standard InChI is InChI=1S/C13H11NO2/c15-10-5-6-12-9(7-10)8-14-11-3-1-2-4-13(11)16-12/h1-7,14-15H,8H2. The Kier molecular flexibility index (Phi) is 1.96. The highest BCUT2D eigenvalue weighted by Gasteiger charge is 2.13. The van der Waals surface area contributed by atoms with Gasteiger partial charge in [0.05, 0.1) is 5.69 Å². The lowest BCUT2D eigenvalue weighted by Crippen LogP contribution is -1.96. The third-order valence-corrected chi connectivity index (χ3v) is 2.62. The summed E-state index contributed by atoms with van der Waals surface area (Å²) in [5, 5.41) is 12.7. The minimum atomic E-state index is 0.259. The van der Waals surface area contributed by atoms with E-state index < -0.39 is 0 Å². The molecule has 0 unspecified atom stereocenters. The summed E-state index contributed by atoms with van der Waals surface area (Å²) in [6.45, 7) is 0.654. The third kappa shape index (κ3) is 1.46. The van der Waals surface area contributed by atoms with Crippen molar-refractivity contribution in [2.75, 3.05) is 5.32 Å². The van der Waals surface area contributed by atoms with Crippen molar-refractivity contribution >= 4 is 5.69 Å². The van der Waals surface area contributed by atoms with Crippen molar-refractivity contribution in [1.29, 1.82) is 0 Å². The third-order valence-electron chi connectivity index (χ3n) is 2.62. The van der Waals surface area contributed by atoms with Crippen LogP contribution in [0.2, 0.25) is 0 Å². The lowest BCUT2D eigenvalue weighted by Gasteiger charge is -2.07. The molecule has 3 heteroatoms. The van der Waals surface area contributed by atoms with Crippen LogP contribution in [-0.2, 0) is 6.54 Å². The smallest absolute Gasteiger partial charge is 0.150 e. The van der Waals surface area contributed by atoms with E-state index in [4.69, 9.17) is 4.74 Å². The fourth-order valence-electron chi connectivity index (χ4n) is 1.81. The molecule has 0 aliphatic carbocycles. The lowest BCUT2D eigenvalue weighted by atomic mass is 10.2. The number of nitrogens with one attached hydrogen (secondary N) is 1. The average Bonchev–Trinajstić information content (AvgIpc) is 2.48. The van der Waals surface area contributed by atoms with Crippen molar-refractivity contribution in [3.05, 3.63) is 48.0 Å². The average molecular weight is 213 g/mol. The van der Waals surface area contributed by atoms with Crippen LogP contribution in [0.25, 0.3) is 0 Å². The Bertz CT molecular complexity index is 537. The molecule has 2 aromatic rings. The zero-order valence-electron chi connectivity index (χ0n) is 8.60. The molecule has 0 saturated heterocycles. The highest BCUT2D eigenvalue weighted by molar-refractivity contribution is 5.60. The summed E-state index contributed by atoms with van der Waals surface area (Å²) in [4.78, 5) is 0. The van der Waals surface area contributed by atoms with Gasteiger partial charge in [-0.3, -0.25) is 0 Å². The first kappa shape index (κ1) is 9.09. The second-order valence-corrected chi connectivity index (χ2v) is 3.74. The van der Waals surface area contributed by atoms with Crippen molar-refractivity contribution in [3.63, 3.8) is 0 Å². The largest absolute Gasteiger partial charge is 0.508 e. The van der Waals surface area contributed by atoms with E-state index in [0.29, 0.717) is 6.54 Å². The van der Waals surface area contributed by atoms with E-state index >= 15 is 0 Å². The first-order valence-corrected chi connectivity index (χ1v) is 5.15. The van der Waals surface area contributed by atoms with Crippen LogP contribution in [0.3, 0.4) is 0 Å². The maximum Gasteiger partial charge on any atom is 0.150 e. The van der Waals surface area contributed by atoms with Crippen molar-refractivity contribution in [2.24, 2.45) is 0 Å². The van der Waals surface area contributed by atoms with Crippen LogP contribution in [0.15, 0.2) is 42.5 Å². The van der Waals surface area contributed by atoms with Gasteiger partial charge in [0.25, 0.3) is 0 Å². The fourth-order valence-corrected chi connectivity index (χ4v) is 1.81. The predicted molar refractivity (Wildman–Crippen MR) is 61.9 cm³/mol. The second-order valence-electron chi connectivity index (χ2n) is 3.74. The minimum absolute atomic E-state index is 0.259. The van der Waals surface area contributed by atoms with Crippen molar-refractivity contribution in [2.45, 2.75) is 6.54 Å². The molecular weight excluding hydrogens is 202 g/mol. The van der Waals surface area contributed by atoms with Crippen molar-refractivity contribution in [1.82, 2.24) is 0 Å². The number of hydrogen-bond acceptors (Lipinski definition) is 3. The number of aromatic hydroxyl groups is 1. The first-order chi connectivity index (χ1) is 7.83. The summed E-state index contributed by atoms with van der Waals surface area (Å²) in [7, 11) is 0. The summed E-state index contributed by atoms with van der Waals surface area (Å²) in [5.41, 5.74) is 1.93. The molecule has 2 N–H and O–H groups in total. The maximum absolute atomic E-state index is 9.41. The zero-order valence-corrected chi connectivity index (χ0v) is 8.60. The highest BCUT2D eigenvalue weighted by atomic mass is 16.5. The van der Waals surface area contributed by atoms with Crippen LogP contribution >= 0.6 is 0 Å². The number of hydrogen-bond donors (Lipinski definition) is 2. The summed E-state index contributed by atoms with van der Waals surface area (Å²) in [6, 6.07) is 12.9. The number of rotatable bonds is 0. The van der Waals surface area contributed by atoms with E-state index in [1.165, 1.54) is 0 Å². The molecule has 2 aromatic carbocycles. The summed E-state index contributed by atoms with van der Waals surface area (Å²) in [5.74, 6) is 1.86. The normalized spacial score (nSPS) is 12.8. The molecule has 0 bridgehead atoms. The van der Waals surface area contributed by atoms with Gasteiger partial charge in [-0.05, 0) is 30.3 Å². The molecule has 3 rings (SSSR count). The Morgan fingerprint density at radius 3 is 2.88 bits per heavy atom. The van der Waals surface area contributed by atoms with Crippen LogP contribution in [0.5, 0.6) is 17.2 Å². The number of phenolic OH excluding ortho intramolecular Hbond substituents is 1. The number of anilines is 1. The van der Waals surface area contributed by atoms with Crippen molar-refractivity contribution < 1.29 is 9.84 Å². The van der Waals surface area contributed by atoms with Crippen LogP contribution in [0, 0.1) is 0 Å². The van der Waals surface area contributed by atoms with Gasteiger partial charge in [-0.2, -0.15) is 0 Å². The first-order valence-electron chi connectivity index (χ1n) is 5.15. The highest BCUT2D eigenvalue weighted by Crippen LogP contribution is 2.36. The number of para-hydroxylation sites is 2. The molecule has 0 aromatic heterocycles. The molecule has 0 atom stereocenters. The number of benzene rings is 2. The number of ether oxygens (including phenoxy) is 1. The molecule has 80 valence electrons. The Balaban J connectivity index is 2.08. The Morgan fingerprint density at radius 2 is 1.94 bits per heavy atom. The van der Waals surface area contributed by atoms with E-state index in [-0.39, 0.29) is 5.75 Å². The van der Waals surface area contributed by atoms with Gasteiger partial charge in [-0.1, -0.05) is 12.1 Å². The van der Waals surface area contributed by atoms with E-state index in [0.717, 1.165) is 22.7 Å². The van der Waals surface area contributed by atoms with Crippen LogP contribution in [0.4, 0.5) is 5.69 Å². The minimum Gasteiger partial charge on any atom is -0.508 e. The molecule has 16 heavy (non-hydrogen) atoms. The van der Waals surface area contributed by atoms with Gasteiger partial charge in [0.1, 0.15) is 11.5 Å². The summed E-state index contributed by atoms with van der Waals surface area (Å²) >= 11 is 0. The Hall–Kier alpha value is -2.16. The summed E-state index contributed by atoms with van der Waals surface area (Å²) < 4.78 is 5.78. The SMILES string of the molecule is Oc1ccc2c(c1)CNc1ccccc1O2. The molecular formula is C13H11NO2. The van der Waals surface area contributed by atoms with E-state index in [1.54, 1.807) is 18.2 Å². The maximum atomic E-state index is 9.41. The van der Waals surface area contributed by atoms with Gasteiger partial charge in [0, 0.05) is 12.1 Å². The van der Waals surface area contributed by atoms with Gasteiger partial charge in [-0.15, -0.1) is 0 Å². The van der Waals surface area contributed by atoms with E-state index in [1.807, 2.05) is 24.3 Å².